The Hall–Kier alpha value is -1.45. The largest absolute Gasteiger partial charge is 0.462 e. The summed E-state index contributed by atoms with van der Waals surface area (Å²) in [4.78, 5) is 35.5. The number of Topliss-reactive ketones (excluding diaryl/α,β-unsaturated/α-hetero) is 2. The molecule has 4 nitrogen and oxygen atoms in total. The summed E-state index contributed by atoms with van der Waals surface area (Å²) in [5.41, 5.74) is 1.55. The lowest BCUT2D eigenvalue weighted by atomic mass is 9.48. The lowest BCUT2D eigenvalue weighted by Gasteiger charge is -2.56. The van der Waals surface area contributed by atoms with Crippen molar-refractivity contribution in [3.05, 3.63) is 11.6 Å². The number of carbonyl (C=O) groups excluding carboxylic acids is 3. The van der Waals surface area contributed by atoms with Crippen LogP contribution in [0.4, 0.5) is 0 Å². The van der Waals surface area contributed by atoms with Gasteiger partial charge in [-0.1, -0.05) is 25.5 Å². The Morgan fingerprint density at radius 3 is 2.56 bits per heavy atom. The van der Waals surface area contributed by atoms with Crippen molar-refractivity contribution in [2.45, 2.75) is 84.7 Å². The molecule has 4 rings (SSSR count). The molecule has 148 valence electrons. The van der Waals surface area contributed by atoms with Crippen LogP contribution in [0, 0.1) is 28.6 Å². The normalized spacial score (nSPS) is 43.2. The summed E-state index contributed by atoms with van der Waals surface area (Å²) in [5.74, 6) is 1.78. The summed E-state index contributed by atoms with van der Waals surface area (Å²) in [6, 6.07) is 0. The molecule has 0 heterocycles. The molecule has 0 bridgehead atoms. The van der Waals surface area contributed by atoms with Crippen LogP contribution >= 0.6 is 0 Å². The molecule has 27 heavy (non-hydrogen) atoms. The summed E-state index contributed by atoms with van der Waals surface area (Å²) in [6.07, 6.45) is 10.0. The second-order valence-corrected chi connectivity index (χ2v) is 9.91. The summed E-state index contributed by atoms with van der Waals surface area (Å²) in [5, 5.41) is 0. The second-order valence-electron chi connectivity index (χ2n) is 9.91. The minimum Gasteiger partial charge on any atom is -0.462 e. The highest BCUT2D eigenvalue weighted by Gasteiger charge is 2.58. The molecule has 4 heteroatoms. The van der Waals surface area contributed by atoms with Crippen molar-refractivity contribution in [3.63, 3.8) is 0 Å². The highest BCUT2D eigenvalue weighted by molar-refractivity contribution is 5.94. The zero-order valence-electron chi connectivity index (χ0n) is 16.9. The summed E-state index contributed by atoms with van der Waals surface area (Å²) in [7, 11) is 0. The molecule has 0 spiro atoms. The van der Waals surface area contributed by atoms with Gasteiger partial charge in [-0.05, 0) is 68.6 Å². The third-order valence-corrected chi connectivity index (χ3v) is 8.46. The molecule has 0 aromatic heterocycles. The first-order chi connectivity index (χ1) is 12.7. The first kappa shape index (κ1) is 18.9. The first-order valence-electron chi connectivity index (χ1n) is 10.7. The van der Waals surface area contributed by atoms with Gasteiger partial charge < -0.3 is 4.74 Å². The Morgan fingerprint density at radius 2 is 1.81 bits per heavy atom. The number of carbonyl (C=O) groups is 3. The van der Waals surface area contributed by atoms with Crippen LogP contribution in [-0.2, 0) is 19.1 Å². The monoisotopic (exact) mass is 372 g/mol. The molecule has 0 aliphatic heterocycles. The number of esters is 1. The van der Waals surface area contributed by atoms with E-state index >= 15 is 0 Å². The molecule has 0 radical (unpaired) electrons. The third-order valence-electron chi connectivity index (χ3n) is 8.46. The van der Waals surface area contributed by atoms with Crippen LogP contribution in [0.5, 0.6) is 0 Å². The van der Waals surface area contributed by atoms with Crippen LogP contribution in [0.1, 0.15) is 78.6 Å². The van der Waals surface area contributed by atoms with Crippen LogP contribution in [0.3, 0.4) is 0 Å². The van der Waals surface area contributed by atoms with Crippen LogP contribution in [0.15, 0.2) is 11.6 Å². The standard InChI is InChI=1S/C23H32O4/c1-14(24)12-21(26)27-16-8-10-22(2)15(13-16)4-5-17-18-6-7-20(25)23(18,3)11-9-19(17)22/h4,16-19H,5-13H2,1-3H3/t16-,17-,18-,19-,22-,23-/m0/s1. The van der Waals surface area contributed by atoms with Gasteiger partial charge in [0, 0.05) is 18.3 Å². The van der Waals surface area contributed by atoms with Gasteiger partial charge in [-0.15, -0.1) is 0 Å². The molecular weight excluding hydrogens is 340 g/mol. The fourth-order valence-electron chi connectivity index (χ4n) is 6.93. The van der Waals surface area contributed by atoms with Crippen molar-refractivity contribution in [3.8, 4) is 0 Å². The van der Waals surface area contributed by atoms with E-state index in [-0.39, 0.29) is 35.1 Å². The van der Waals surface area contributed by atoms with Gasteiger partial charge in [0.2, 0.25) is 0 Å². The second kappa shape index (κ2) is 6.56. The topological polar surface area (TPSA) is 60.4 Å². The number of hydrogen-bond acceptors (Lipinski definition) is 4. The Bertz CT molecular complexity index is 707. The van der Waals surface area contributed by atoms with Crippen LogP contribution < -0.4 is 0 Å². The van der Waals surface area contributed by atoms with Gasteiger partial charge in [0.05, 0.1) is 0 Å². The van der Waals surface area contributed by atoms with E-state index in [0.29, 0.717) is 23.5 Å². The molecule has 0 saturated heterocycles. The van der Waals surface area contributed by atoms with Gasteiger partial charge in [0.25, 0.3) is 0 Å². The van der Waals surface area contributed by atoms with Gasteiger partial charge in [-0.3, -0.25) is 14.4 Å². The first-order valence-corrected chi connectivity index (χ1v) is 10.7. The van der Waals surface area contributed by atoms with E-state index in [9.17, 15) is 14.4 Å². The zero-order chi connectivity index (χ0) is 19.4. The Morgan fingerprint density at radius 1 is 1.11 bits per heavy atom. The van der Waals surface area contributed by atoms with E-state index in [1.807, 2.05) is 0 Å². The molecule has 0 amide bonds. The lowest BCUT2D eigenvalue weighted by molar-refractivity contribution is -0.152. The fraction of sp³-hybridized carbons (Fsp3) is 0.783. The Kier molecular flexibility index (Phi) is 4.59. The smallest absolute Gasteiger partial charge is 0.313 e. The van der Waals surface area contributed by atoms with E-state index < -0.39 is 0 Å². The van der Waals surface area contributed by atoms with E-state index in [2.05, 4.69) is 19.9 Å². The minimum atomic E-state index is -0.386. The van der Waals surface area contributed by atoms with Crippen molar-refractivity contribution in [1.82, 2.24) is 0 Å². The van der Waals surface area contributed by atoms with Gasteiger partial charge in [0.1, 0.15) is 24.1 Å². The van der Waals surface area contributed by atoms with Gasteiger partial charge in [-0.25, -0.2) is 0 Å². The van der Waals surface area contributed by atoms with Gasteiger partial charge >= 0.3 is 5.97 Å². The van der Waals surface area contributed by atoms with Crippen molar-refractivity contribution >= 4 is 17.5 Å². The van der Waals surface area contributed by atoms with Crippen LogP contribution in [0.2, 0.25) is 0 Å². The molecule has 3 fully saturated rings. The number of fused-ring (bicyclic) bond motifs is 5. The highest BCUT2D eigenvalue weighted by Crippen LogP contribution is 2.64. The Labute approximate surface area is 162 Å². The van der Waals surface area contributed by atoms with Crippen LogP contribution in [-0.4, -0.2) is 23.6 Å². The maximum atomic E-state index is 12.5. The maximum absolute atomic E-state index is 12.5. The molecular formula is C23H32O4. The molecule has 0 N–H and O–H groups in total. The summed E-state index contributed by atoms with van der Waals surface area (Å²) in [6.45, 7) is 6.05. The lowest BCUT2D eigenvalue weighted by Crippen LogP contribution is -2.50. The molecule has 0 unspecified atom stereocenters. The molecule has 0 aromatic carbocycles. The number of hydrogen-bond donors (Lipinski definition) is 0. The zero-order valence-corrected chi connectivity index (χ0v) is 16.9. The fourth-order valence-corrected chi connectivity index (χ4v) is 6.93. The molecule has 4 aliphatic carbocycles. The minimum absolute atomic E-state index is 0.0811. The highest BCUT2D eigenvalue weighted by atomic mass is 16.5. The van der Waals surface area contributed by atoms with Gasteiger partial charge in [0.15, 0.2) is 0 Å². The average molecular weight is 373 g/mol. The quantitative estimate of drug-likeness (QED) is 0.418. The van der Waals surface area contributed by atoms with Crippen molar-refractivity contribution < 1.29 is 19.1 Å². The average Bonchev–Trinajstić information content (AvgIpc) is 2.90. The van der Waals surface area contributed by atoms with Crippen molar-refractivity contribution in [1.29, 1.82) is 0 Å². The summed E-state index contributed by atoms with van der Waals surface area (Å²) < 4.78 is 5.59. The van der Waals surface area contributed by atoms with E-state index in [1.165, 1.54) is 12.5 Å². The van der Waals surface area contributed by atoms with Crippen molar-refractivity contribution in [2.24, 2.45) is 28.6 Å². The predicted molar refractivity (Wildman–Crippen MR) is 102 cm³/mol. The van der Waals surface area contributed by atoms with Gasteiger partial charge in [-0.2, -0.15) is 0 Å². The maximum Gasteiger partial charge on any atom is 0.313 e. The number of allylic oxidation sites excluding steroid dienone is 1. The Balaban J connectivity index is 1.50. The van der Waals surface area contributed by atoms with Crippen LogP contribution in [0.25, 0.3) is 0 Å². The number of ketones is 2. The molecule has 0 aromatic rings. The van der Waals surface area contributed by atoms with Crippen molar-refractivity contribution in [2.75, 3.05) is 0 Å². The summed E-state index contributed by atoms with van der Waals surface area (Å²) >= 11 is 0. The van der Waals surface area contributed by atoms with E-state index in [4.69, 9.17) is 4.74 Å². The predicted octanol–water partition coefficient (Wildman–Crippen LogP) is 4.41. The third kappa shape index (κ3) is 3.00. The molecule has 3 saturated carbocycles. The van der Waals surface area contributed by atoms with E-state index in [1.54, 1.807) is 0 Å². The molecule has 6 atom stereocenters. The number of rotatable bonds is 3. The number of ether oxygens (including phenoxy) is 1. The van der Waals surface area contributed by atoms with E-state index in [0.717, 1.165) is 51.4 Å². The SMILES string of the molecule is CC(=O)CC(=O)O[C@H]1CC[C@@]2(C)C(=CC[C@@H]3[C@@H]2CC[C@]2(C)C(=O)CC[C@@H]32)C1. The molecule has 4 aliphatic rings.